The Labute approximate surface area is 88.5 Å². The average Bonchev–Trinajstić information content (AvgIpc) is 1.81. The van der Waals surface area contributed by atoms with E-state index in [1.165, 1.54) is 30.2 Å². The summed E-state index contributed by atoms with van der Waals surface area (Å²) >= 11 is 2.42. The Morgan fingerprint density at radius 3 is 2.33 bits per heavy atom. The predicted octanol–water partition coefficient (Wildman–Crippen LogP) is 2.43. The fourth-order valence-electron chi connectivity index (χ4n) is 0.573. The molecular formula is C6H15I2N. The fraction of sp³-hybridized carbons (Fsp3) is 1.00. The SMILES string of the molecule is CNCCCCCI.I. The van der Waals surface area contributed by atoms with Crippen LogP contribution in [0.4, 0.5) is 0 Å². The predicted molar refractivity (Wildman–Crippen MR) is 62.1 cm³/mol. The summed E-state index contributed by atoms with van der Waals surface area (Å²) in [5, 5.41) is 3.12. The Hall–Kier alpha value is 1.42. The first-order valence-corrected chi connectivity index (χ1v) is 4.65. The average molecular weight is 355 g/mol. The lowest BCUT2D eigenvalue weighted by Gasteiger charge is -1.95. The van der Waals surface area contributed by atoms with E-state index >= 15 is 0 Å². The highest BCUT2D eigenvalue weighted by molar-refractivity contribution is 14.1. The normalized spacial score (nSPS) is 8.67. The van der Waals surface area contributed by atoms with E-state index in [-0.39, 0.29) is 24.0 Å². The number of unbranched alkanes of at least 4 members (excludes halogenated alkanes) is 2. The molecule has 0 aromatic rings. The molecule has 0 amide bonds. The highest BCUT2D eigenvalue weighted by Crippen LogP contribution is 1.96. The van der Waals surface area contributed by atoms with E-state index in [1.54, 1.807) is 0 Å². The van der Waals surface area contributed by atoms with Crippen molar-refractivity contribution in [1.82, 2.24) is 5.32 Å². The summed E-state index contributed by atoms with van der Waals surface area (Å²) in [7, 11) is 2.00. The lowest BCUT2D eigenvalue weighted by molar-refractivity contribution is 0.672. The van der Waals surface area contributed by atoms with Crippen LogP contribution in [0.3, 0.4) is 0 Å². The van der Waals surface area contributed by atoms with Crippen LogP contribution < -0.4 is 5.32 Å². The molecule has 0 spiro atoms. The van der Waals surface area contributed by atoms with Crippen LogP contribution >= 0.6 is 46.6 Å². The van der Waals surface area contributed by atoms with Gasteiger partial charge in [-0.15, -0.1) is 24.0 Å². The minimum Gasteiger partial charge on any atom is -0.320 e. The monoisotopic (exact) mass is 355 g/mol. The molecule has 0 rings (SSSR count). The van der Waals surface area contributed by atoms with Crippen molar-refractivity contribution in [2.45, 2.75) is 19.3 Å². The van der Waals surface area contributed by atoms with Gasteiger partial charge in [-0.05, 0) is 30.9 Å². The van der Waals surface area contributed by atoms with Gasteiger partial charge in [0, 0.05) is 0 Å². The smallest absolute Gasteiger partial charge is 0.000472 e. The van der Waals surface area contributed by atoms with Crippen LogP contribution in [-0.4, -0.2) is 18.0 Å². The molecule has 0 saturated carbocycles. The molecule has 3 heteroatoms. The maximum Gasteiger partial charge on any atom is -0.000472 e. The van der Waals surface area contributed by atoms with Crippen molar-refractivity contribution >= 4 is 46.6 Å². The Morgan fingerprint density at radius 2 is 1.89 bits per heavy atom. The summed E-state index contributed by atoms with van der Waals surface area (Å²) in [5.41, 5.74) is 0. The summed E-state index contributed by atoms with van der Waals surface area (Å²) < 4.78 is 1.31. The van der Waals surface area contributed by atoms with Crippen molar-refractivity contribution in [3.05, 3.63) is 0 Å². The van der Waals surface area contributed by atoms with Gasteiger partial charge in [0.25, 0.3) is 0 Å². The van der Waals surface area contributed by atoms with Crippen LogP contribution in [0.2, 0.25) is 0 Å². The Kier molecular flexibility index (Phi) is 17.6. The lowest BCUT2D eigenvalue weighted by atomic mass is 10.2. The number of alkyl halides is 1. The van der Waals surface area contributed by atoms with Gasteiger partial charge in [0.15, 0.2) is 0 Å². The molecule has 0 radical (unpaired) electrons. The van der Waals surface area contributed by atoms with E-state index < -0.39 is 0 Å². The Bertz CT molecular complexity index is 36.0. The van der Waals surface area contributed by atoms with Crippen LogP contribution in [0, 0.1) is 0 Å². The zero-order valence-electron chi connectivity index (χ0n) is 5.82. The molecule has 58 valence electrons. The molecule has 0 bridgehead atoms. The summed E-state index contributed by atoms with van der Waals surface area (Å²) in [4.78, 5) is 0. The topological polar surface area (TPSA) is 12.0 Å². The lowest BCUT2D eigenvalue weighted by Crippen LogP contribution is -2.06. The molecule has 0 saturated heterocycles. The van der Waals surface area contributed by atoms with Gasteiger partial charge in [0.1, 0.15) is 0 Å². The maximum absolute atomic E-state index is 3.12. The van der Waals surface area contributed by atoms with Gasteiger partial charge in [0.2, 0.25) is 0 Å². The van der Waals surface area contributed by atoms with Crippen molar-refractivity contribution in [3.8, 4) is 0 Å². The van der Waals surface area contributed by atoms with Gasteiger partial charge in [-0.25, -0.2) is 0 Å². The first kappa shape index (κ1) is 13.0. The zero-order valence-corrected chi connectivity index (χ0v) is 10.3. The standard InChI is InChI=1S/C6H14IN.HI/c1-8-6-4-2-3-5-7;/h8H,2-6H2,1H3;1H. The summed E-state index contributed by atoms with van der Waals surface area (Å²) in [6.07, 6.45) is 4.09. The van der Waals surface area contributed by atoms with Gasteiger partial charge in [0.05, 0.1) is 0 Å². The molecule has 0 aromatic heterocycles. The molecule has 0 atom stereocenters. The largest absolute Gasteiger partial charge is 0.320 e. The van der Waals surface area contributed by atoms with Crippen LogP contribution in [0.25, 0.3) is 0 Å². The number of hydrogen-bond acceptors (Lipinski definition) is 1. The second-order valence-corrected chi connectivity index (χ2v) is 2.93. The Morgan fingerprint density at radius 1 is 1.22 bits per heavy atom. The summed E-state index contributed by atoms with van der Waals surface area (Å²) in [6, 6.07) is 0. The first-order chi connectivity index (χ1) is 3.91. The second kappa shape index (κ2) is 12.1. The molecule has 0 aromatic carbocycles. The quantitative estimate of drug-likeness (QED) is 0.454. The van der Waals surface area contributed by atoms with Crippen LogP contribution in [0.5, 0.6) is 0 Å². The molecular weight excluding hydrogens is 340 g/mol. The third kappa shape index (κ3) is 12.6. The first-order valence-electron chi connectivity index (χ1n) is 3.12. The van der Waals surface area contributed by atoms with E-state index in [0.29, 0.717) is 0 Å². The number of halogens is 2. The second-order valence-electron chi connectivity index (χ2n) is 1.85. The van der Waals surface area contributed by atoms with Crippen molar-refractivity contribution in [3.63, 3.8) is 0 Å². The van der Waals surface area contributed by atoms with Gasteiger partial charge in [-0.3, -0.25) is 0 Å². The minimum atomic E-state index is 0. The van der Waals surface area contributed by atoms with Crippen molar-refractivity contribution in [2.75, 3.05) is 18.0 Å². The molecule has 0 unspecified atom stereocenters. The summed E-state index contributed by atoms with van der Waals surface area (Å²) in [6.45, 7) is 1.18. The summed E-state index contributed by atoms with van der Waals surface area (Å²) in [5.74, 6) is 0. The molecule has 9 heavy (non-hydrogen) atoms. The Balaban J connectivity index is 0. The van der Waals surface area contributed by atoms with E-state index in [9.17, 15) is 0 Å². The molecule has 0 fully saturated rings. The van der Waals surface area contributed by atoms with Gasteiger partial charge >= 0.3 is 0 Å². The van der Waals surface area contributed by atoms with E-state index in [1.807, 2.05) is 7.05 Å². The molecule has 0 aliphatic carbocycles. The number of hydrogen-bond donors (Lipinski definition) is 1. The third-order valence-corrected chi connectivity index (χ3v) is 1.82. The molecule has 1 nitrogen and oxygen atoms in total. The van der Waals surface area contributed by atoms with Crippen molar-refractivity contribution in [2.24, 2.45) is 0 Å². The third-order valence-electron chi connectivity index (χ3n) is 1.06. The van der Waals surface area contributed by atoms with Crippen LogP contribution in [0.15, 0.2) is 0 Å². The van der Waals surface area contributed by atoms with Crippen molar-refractivity contribution < 1.29 is 0 Å². The highest BCUT2D eigenvalue weighted by Gasteiger charge is 1.83. The highest BCUT2D eigenvalue weighted by atomic mass is 127. The van der Waals surface area contributed by atoms with Crippen LogP contribution in [-0.2, 0) is 0 Å². The van der Waals surface area contributed by atoms with Gasteiger partial charge < -0.3 is 5.32 Å². The molecule has 0 aliphatic heterocycles. The molecule has 1 N–H and O–H groups in total. The molecule has 0 heterocycles. The van der Waals surface area contributed by atoms with E-state index in [2.05, 4.69) is 27.9 Å². The fourth-order valence-corrected chi connectivity index (χ4v) is 1.11. The van der Waals surface area contributed by atoms with E-state index in [0.717, 1.165) is 0 Å². The zero-order chi connectivity index (χ0) is 6.24. The molecule has 0 aliphatic rings. The van der Waals surface area contributed by atoms with Gasteiger partial charge in [-0.1, -0.05) is 29.0 Å². The van der Waals surface area contributed by atoms with Gasteiger partial charge in [-0.2, -0.15) is 0 Å². The minimum absolute atomic E-state index is 0. The van der Waals surface area contributed by atoms with Crippen LogP contribution in [0.1, 0.15) is 19.3 Å². The number of rotatable bonds is 5. The maximum atomic E-state index is 3.12. The number of nitrogens with one attached hydrogen (secondary N) is 1. The van der Waals surface area contributed by atoms with Crippen molar-refractivity contribution in [1.29, 1.82) is 0 Å². The van der Waals surface area contributed by atoms with E-state index in [4.69, 9.17) is 0 Å².